The summed E-state index contributed by atoms with van der Waals surface area (Å²) < 4.78 is 19.1. The van der Waals surface area contributed by atoms with Gasteiger partial charge in [0.15, 0.2) is 5.75 Å². The number of ether oxygens (including phenoxy) is 1. The summed E-state index contributed by atoms with van der Waals surface area (Å²) in [5, 5.41) is 21.1. The number of carboxylic acid groups (broad SMARTS) is 1. The molecule has 0 spiro atoms. The number of halogens is 7. The second-order valence-electron chi connectivity index (χ2n) is 7.57. The van der Waals surface area contributed by atoms with E-state index in [1.807, 2.05) is 0 Å². The quantitative estimate of drug-likeness (QED) is 0.0898. The van der Waals surface area contributed by atoms with Gasteiger partial charge in [-0.2, -0.15) is 0 Å². The maximum absolute atomic E-state index is 13.9. The van der Waals surface area contributed by atoms with Crippen molar-refractivity contribution in [1.29, 1.82) is 0 Å². The summed E-state index contributed by atoms with van der Waals surface area (Å²) in [6.07, 6.45) is 0. The van der Waals surface area contributed by atoms with Crippen molar-refractivity contribution in [3.05, 3.63) is 106 Å². The zero-order valence-corrected chi connectivity index (χ0v) is 22.5. The summed E-state index contributed by atoms with van der Waals surface area (Å²) in [4.78, 5) is 37.9. The second kappa shape index (κ2) is 11.6. The monoisotopic (exact) mass is 627 g/mol. The predicted molar refractivity (Wildman–Crippen MR) is 139 cm³/mol. The lowest BCUT2D eigenvalue weighted by Gasteiger charge is -2.35. The van der Waals surface area contributed by atoms with E-state index in [1.165, 1.54) is 12.1 Å². The van der Waals surface area contributed by atoms with Crippen molar-refractivity contribution < 1.29 is 28.7 Å². The van der Waals surface area contributed by atoms with Gasteiger partial charge >= 0.3 is 11.9 Å². The van der Waals surface area contributed by atoms with Crippen LogP contribution < -0.4 is 4.74 Å². The Kier molecular flexibility index (Phi) is 9.16. The van der Waals surface area contributed by atoms with Gasteiger partial charge in [0.1, 0.15) is 5.82 Å². The number of rotatable bonds is 8. The molecule has 0 fully saturated rings. The highest BCUT2D eigenvalue weighted by Gasteiger charge is 2.60. The molecule has 37 heavy (non-hydrogen) atoms. The van der Waals surface area contributed by atoms with Gasteiger partial charge in [-0.05, 0) is 42.0 Å². The van der Waals surface area contributed by atoms with Gasteiger partial charge in [0.25, 0.3) is 0 Å². The number of carboxylic acids is 1. The van der Waals surface area contributed by atoms with Crippen LogP contribution >= 0.6 is 69.6 Å². The third-order valence-corrected chi connectivity index (χ3v) is 6.94. The van der Waals surface area contributed by atoms with Crippen LogP contribution in [-0.2, 0) is 15.0 Å². The van der Waals surface area contributed by atoms with Crippen molar-refractivity contribution >= 4 is 81.5 Å². The Hall–Kier alpha value is -2.33. The molecule has 3 aromatic carbocycles. The maximum Gasteiger partial charge on any atom is 0.334 e. The van der Waals surface area contributed by atoms with Crippen molar-refractivity contribution in [2.75, 3.05) is 6.54 Å². The third kappa shape index (κ3) is 5.90. The number of hydrogen-bond donors (Lipinski definition) is 1. The number of carbonyl (C=O) groups excluding carboxylic acids is 1. The molecule has 3 aromatic rings. The molecule has 0 saturated carbocycles. The van der Waals surface area contributed by atoms with Crippen LogP contribution in [0.5, 0.6) is 5.75 Å². The van der Waals surface area contributed by atoms with Gasteiger partial charge in [-0.1, -0.05) is 81.7 Å². The molecule has 0 aliphatic rings. The van der Waals surface area contributed by atoms with Crippen LogP contribution in [-0.4, -0.2) is 28.5 Å². The Balaban J connectivity index is 2.42. The number of benzene rings is 3. The highest BCUT2D eigenvalue weighted by molar-refractivity contribution is 6.41. The van der Waals surface area contributed by atoms with Gasteiger partial charge in [0.05, 0.1) is 16.0 Å². The Morgan fingerprint density at radius 3 is 1.81 bits per heavy atom. The first-order valence-corrected chi connectivity index (χ1v) is 12.2. The molecule has 0 aliphatic heterocycles. The zero-order valence-electron chi connectivity index (χ0n) is 18.0. The molecule has 0 aromatic heterocycles. The standard InChI is InChI=1S/C23H12Cl6FNO6/c24-11-5-15(26)19(16(27)6-11)23(21(32)33,14(9-31(35)36)10-1-3-13(30)4-2-10)22(34)37-20-17(28)7-12(25)8-18(20)29/h1-8,14H,9H2,(H,32,33). The summed E-state index contributed by atoms with van der Waals surface area (Å²) in [6, 6.07) is 8.63. The van der Waals surface area contributed by atoms with Gasteiger partial charge < -0.3 is 9.84 Å². The molecule has 7 nitrogen and oxygen atoms in total. The summed E-state index contributed by atoms with van der Waals surface area (Å²) >= 11 is 36.8. The van der Waals surface area contributed by atoms with E-state index in [1.54, 1.807) is 0 Å². The highest BCUT2D eigenvalue weighted by atomic mass is 35.5. The summed E-state index contributed by atoms with van der Waals surface area (Å²) in [5.41, 5.74) is -3.63. The van der Waals surface area contributed by atoms with E-state index >= 15 is 0 Å². The van der Waals surface area contributed by atoms with E-state index in [2.05, 4.69) is 0 Å². The van der Waals surface area contributed by atoms with E-state index < -0.39 is 61.9 Å². The zero-order chi connectivity index (χ0) is 27.7. The number of hydrogen-bond acceptors (Lipinski definition) is 5. The first-order valence-electron chi connectivity index (χ1n) is 9.91. The minimum atomic E-state index is -2.98. The van der Waals surface area contributed by atoms with E-state index in [-0.39, 0.29) is 25.7 Å². The molecule has 0 heterocycles. The van der Waals surface area contributed by atoms with Gasteiger partial charge in [0.2, 0.25) is 12.0 Å². The average molecular weight is 630 g/mol. The van der Waals surface area contributed by atoms with Crippen LogP contribution in [0.2, 0.25) is 30.1 Å². The molecule has 2 unspecified atom stereocenters. The SMILES string of the molecule is O=C(O)C(C(=O)Oc1c(Cl)cc(Cl)cc1Cl)(c1c(Cl)cc(Cl)cc1Cl)C(C[N+](=O)[O-])c1ccc(F)cc1. The first-order chi connectivity index (χ1) is 17.3. The lowest BCUT2D eigenvalue weighted by molar-refractivity contribution is -0.484. The van der Waals surface area contributed by atoms with Crippen molar-refractivity contribution in [2.24, 2.45) is 0 Å². The number of carbonyl (C=O) groups is 2. The van der Waals surface area contributed by atoms with E-state index in [9.17, 15) is 29.2 Å². The number of aliphatic carboxylic acids is 1. The largest absolute Gasteiger partial charge is 0.480 e. The predicted octanol–water partition coefficient (Wildman–Crippen LogP) is 7.73. The van der Waals surface area contributed by atoms with E-state index in [4.69, 9.17) is 74.3 Å². The minimum absolute atomic E-state index is 0.0113. The lowest BCUT2D eigenvalue weighted by atomic mass is 9.67. The first kappa shape index (κ1) is 29.2. The molecule has 194 valence electrons. The Bertz CT molecular complexity index is 1360. The van der Waals surface area contributed by atoms with Crippen LogP contribution in [0.3, 0.4) is 0 Å². The van der Waals surface area contributed by atoms with E-state index in [0.29, 0.717) is 0 Å². The number of nitro groups is 1. The van der Waals surface area contributed by atoms with Crippen LogP contribution in [0, 0.1) is 15.9 Å². The average Bonchev–Trinajstić information content (AvgIpc) is 2.77. The third-order valence-electron chi connectivity index (χ3n) is 5.35. The molecule has 0 amide bonds. The Morgan fingerprint density at radius 1 is 0.919 bits per heavy atom. The fraction of sp³-hybridized carbons (Fsp3) is 0.130. The summed E-state index contributed by atoms with van der Waals surface area (Å²) in [7, 11) is 0. The van der Waals surface area contributed by atoms with Gasteiger partial charge in [-0.15, -0.1) is 0 Å². The topological polar surface area (TPSA) is 107 Å². The molecule has 0 bridgehead atoms. The van der Waals surface area contributed by atoms with Gasteiger partial charge in [-0.25, -0.2) is 4.39 Å². The van der Waals surface area contributed by atoms with E-state index in [0.717, 1.165) is 36.4 Å². The lowest BCUT2D eigenvalue weighted by Crippen LogP contribution is -2.53. The Morgan fingerprint density at radius 2 is 1.38 bits per heavy atom. The molecule has 1 N–H and O–H groups in total. The molecule has 0 saturated heterocycles. The molecular formula is C23H12Cl6FNO6. The maximum atomic E-state index is 13.9. The highest BCUT2D eigenvalue weighted by Crippen LogP contribution is 2.49. The molecule has 14 heteroatoms. The van der Waals surface area contributed by atoms with Crippen molar-refractivity contribution in [3.8, 4) is 5.75 Å². The molecule has 0 radical (unpaired) electrons. The summed E-state index contributed by atoms with van der Waals surface area (Å²) in [5.74, 6) is -6.50. The smallest absolute Gasteiger partial charge is 0.334 e. The van der Waals surface area contributed by atoms with Crippen LogP contribution in [0.4, 0.5) is 4.39 Å². The molecule has 3 rings (SSSR count). The summed E-state index contributed by atoms with van der Waals surface area (Å²) in [6.45, 7) is -1.13. The van der Waals surface area contributed by atoms with Gasteiger partial charge in [-0.3, -0.25) is 19.7 Å². The van der Waals surface area contributed by atoms with Gasteiger partial charge in [0, 0.05) is 30.6 Å². The van der Waals surface area contributed by atoms with Crippen molar-refractivity contribution in [1.82, 2.24) is 0 Å². The van der Waals surface area contributed by atoms with Crippen LogP contribution in [0.1, 0.15) is 17.0 Å². The fourth-order valence-electron chi connectivity index (χ4n) is 3.82. The van der Waals surface area contributed by atoms with Crippen molar-refractivity contribution in [3.63, 3.8) is 0 Å². The Labute approximate surface area is 238 Å². The number of nitrogens with zero attached hydrogens (tertiary/aromatic N) is 1. The second-order valence-corrected chi connectivity index (χ2v) is 10.1. The molecule has 0 aliphatic carbocycles. The molecular weight excluding hydrogens is 618 g/mol. The van der Waals surface area contributed by atoms with Crippen LogP contribution in [0.25, 0.3) is 0 Å². The molecule has 2 atom stereocenters. The fourth-order valence-corrected chi connectivity index (χ4v) is 5.83. The normalized spacial score (nSPS) is 13.5. The van der Waals surface area contributed by atoms with Crippen molar-refractivity contribution in [2.45, 2.75) is 11.3 Å². The van der Waals surface area contributed by atoms with Crippen LogP contribution in [0.15, 0.2) is 48.5 Å². The number of esters is 1. The minimum Gasteiger partial charge on any atom is -0.480 e.